The van der Waals surface area contributed by atoms with Gasteiger partial charge in [-0.1, -0.05) is 0 Å². The number of nitrogens with one attached hydrogen (secondary N) is 2. The lowest BCUT2D eigenvalue weighted by Crippen LogP contribution is -2.55. The Balaban J connectivity index is 2.27. The van der Waals surface area contributed by atoms with Gasteiger partial charge in [0.05, 0.1) is 6.04 Å². The van der Waals surface area contributed by atoms with Crippen LogP contribution in [0.3, 0.4) is 0 Å². The van der Waals surface area contributed by atoms with Gasteiger partial charge in [0.1, 0.15) is 0 Å². The van der Waals surface area contributed by atoms with Gasteiger partial charge in [-0.05, 0) is 12.2 Å². The lowest BCUT2D eigenvalue weighted by molar-refractivity contribution is -0.141. The predicted molar refractivity (Wildman–Crippen MR) is 64.1 cm³/mol. The standard InChI is InChI=1S/C12H13N3O4/c1-6(16)15(7(2)17)8-3-4-9-10(5-8)14-12(19)11(18)13-9/h3-4,10H,5H2,1-2H3,(H,13,18)(H,14,19). The quantitative estimate of drug-likeness (QED) is 0.603. The van der Waals surface area contributed by atoms with Crippen molar-refractivity contribution in [2.45, 2.75) is 26.3 Å². The van der Waals surface area contributed by atoms with Gasteiger partial charge < -0.3 is 10.6 Å². The maximum atomic E-state index is 11.4. The first-order valence-electron chi connectivity index (χ1n) is 5.74. The van der Waals surface area contributed by atoms with Gasteiger partial charge in [0.25, 0.3) is 0 Å². The van der Waals surface area contributed by atoms with Crippen LogP contribution in [0, 0.1) is 0 Å². The minimum Gasteiger partial charge on any atom is -0.339 e. The minimum atomic E-state index is -0.722. The zero-order valence-corrected chi connectivity index (χ0v) is 10.5. The Hall–Kier alpha value is -2.44. The monoisotopic (exact) mass is 263 g/mol. The molecule has 0 aromatic heterocycles. The number of piperazine rings is 1. The maximum absolute atomic E-state index is 11.4. The maximum Gasteiger partial charge on any atom is 0.313 e. The van der Waals surface area contributed by atoms with E-state index in [4.69, 9.17) is 0 Å². The number of hydrogen-bond acceptors (Lipinski definition) is 4. The van der Waals surface area contributed by atoms with Gasteiger partial charge in [-0.3, -0.25) is 24.1 Å². The number of rotatable bonds is 1. The molecular formula is C12H13N3O4. The number of allylic oxidation sites excluding steroid dienone is 2. The Kier molecular flexibility index (Phi) is 3.20. The molecular weight excluding hydrogens is 250 g/mol. The van der Waals surface area contributed by atoms with Crippen molar-refractivity contribution in [3.8, 4) is 0 Å². The number of fused-ring (bicyclic) bond motifs is 1. The summed E-state index contributed by atoms with van der Waals surface area (Å²) in [5.74, 6) is -2.21. The normalized spacial score (nSPS) is 21.5. The van der Waals surface area contributed by atoms with E-state index in [0.717, 1.165) is 4.90 Å². The summed E-state index contributed by atoms with van der Waals surface area (Å²) in [5.41, 5.74) is 1.05. The Morgan fingerprint density at radius 1 is 1.16 bits per heavy atom. The number of hydrogen-bond donors (Lipinski definition) is 2. The van der Waals surface area contributed by atoms with E-state index in [0.29, 0.717) is 11.4 Å². The summed E-state index contributed by atoms with van der Waals surface area (Å²) >= 11 is 0. The summed E-state index contributed by atoms with van der Waals surface area (Å²) in [6.45, 7) is 2.59. The number of carbonyl (C=O) groups excluding carboxylic acids is 4. The van der Waals surface area contributed by atoms with E-state index in [-0.39, 0.29) is 18.2 Å². The zero-order chi connectivity index (χ0) is 14.2. The first kappa shape index (κ1) is 13.0. The summed E-state index contributed by atoms with van der Waals surface area (Å²) in [7, 11) is 0. The van der Waals surface area contributed by atoms with E-state index in [2.05, 4.69) is 10.6 Å². The molecule has 0 saturated carbocycles. The second-order valence-corrected chi connectivity index (χ2v) is 4.34. The Bertz CT molecular complexity index is 533. The first-order chi connectivity index (χ1) is 8.90. The second kappa shape index (κ2) is 4.68. The highest BCUT2D eigenvalue weighted by molar-refractivity contribution is 6.36. The number of imide groups is 1. The van der Waals surface area contributed by atoms with Gasteiger partial charge in [-0.15, -0.1) is 0 Å². The molecule has 100 valence electrons. The van der Waals surface area contributed by atoms with Crippen LogP contribution in [-0.4, -0.2) is 34.6 Å². The summed E-state index contributed by atoms with van der Waals surface area (Å²) in [5, 5.41) is 4.98. The molecule has 0 aromatic carbocycles. The molecule has 19 heavy (non-hydrogen) atoms. The van der Waals surface area contributed by atoms with Crippen LogP contribution >= 0.6 is 0 Å². The van der Waals surface area contributed by atoms with Gasteiger partial charge in [0.2, 0.25) is 11.8 Å². The third-order valence-corrected chi connectivity index (χ3v) is 2.93. The van der Waals surface area contributed by atoms with Gasteiger partial charge in [0, 0.05) is 31.7 Å². The van der Waals surface area contributed by atoms with E-state index in [1.54, 1.807) is 12.2 Å². The molecule has 4 amide bonds. The molecule has 0 bridgehead atoms. The molecule has 0 aromatic rings. The topological polar surface area (TPSA) is 95.6 Å². The van der Waals surface area contributed by atoms with Gasteiger partial charge in [0.15, 0.2) is 0 Å². The van der Waals surface area contributed by atoms with Crippen LogP contribution in [0.1, 0.15) is 20.3 Å². The van der Waals surface area contributed by atoms with Crippen molar-refractivity contribution >= 4 is 23.6 Å². The van der Waals surface area contributed by atoms with Crippen LogP contribution in [0.4, 0.5) is 0 Å². The molecule has 7 nitrogen and oxygen atoms in total. The third kappa shape index (κ3) is 2.40. The molecule has 2 aliphatic rings. The van der Waals surface area contributed by atoms with Crippen LogP contribution in [0.15, 0.2) is 23.5 Å². The molecule has 2 rings (SSSR count). The van der Waals surface area contributed by atoms with Crippen molar-refractivity contribution < 1.29 is 19.2 Å². The first-order valence-corrected chi connectivity index (χ1v) is 5.74. The molecule has 1 saturated heterocycles. The fraction of sp³-hybridized carbons (Fsp3) is 0.333. The second-order valence-electron chi connectivity index (χ2n) is 4.34. The minimum absolute atomic E-state index is 0.275. The van der Waals surface area contributed by atoms with E-state index in [1.807, 2.05) is 0 Å². The van der Waals surface area contributed by atoms with E-state index >= 15 is 0 Å². The van der Waals surface area contributed by atoms with Gasteiger partial charge >= 0.3 is 11.8 Å². The number of nitrogens with zero attached hydrogens (tertiary/aromatic N) is 1. The van der Waals surface area contributed by atoms with Crippen molar-refractivity contribution in [1.29, 1.82) is 0 Å². The van der Waals surface area contributed by atoms with Crippen molar-refractivity contribution in [3.63, 3.8) is 0 Å². The lowest BCUT2D eigenvalue weighted by Gasteiger charge is -2.32. The molecule has 1 aliphatic carbocycles. The summed E-state index contributed by atoms with van der Waals surface area (Å²) in [6.07, 6.45) is 3.45. The van der Waals surface area contributed by atoms with Crippen LogP contribution in [0.2, 0.25) is 0 Å². The highest BCUT2D eigenvalue weighted by Gasteiger charge is 2.33. The predicted octanol–water partition coefficient (Wildman–Crippen LogP) is -0.832. The molecule has 1 unspecified atom stereocenters. The molecule has 1 heterocycles. The van der Waals surface area contributed by atoms with E-state index in [9.17, 15) is 19.2 Å². The fourth-order valence-electron chi connectivity index (χ4n) is 2.15. The average molecular weight is 263 g/mol. The smallest absolute Gasteiger partial charge is 0.313 e. The van der Waals surface area contributed by atoms with Crippen LogP contribution in [-0.2, 0) is 19.2 Å². The Morgan fingerprint density at radius 3 is 2.37 bits per heavy atom. The van der Waals surface area contributed by atoms with Crippen molar-refractivity contribution in [1.82, 2.24) is 15.5 Å². The highest BCUT2D eigenvalue weighted by atomic mass is 16.2. The third-order valence-electron chi connectivity index (χ3n) is 2.93. The molecule has 0 radical (unpaired) electrons. The molecule has 7 heteroatoms. The Morgan fingerprint density at radius 2 is 1.79 bits per heavy atom. The molecule has 1 aliphatic heterocycles. The van der Waals surface area contributed by atoms with Crippen molar-refractivity contribution in [2.24, 2.45) is 0 Å². The Labute approximate surface area is 109 Å². The largest absolute Gasteiger partial charge is 0.339 e. The number of amides is 4. The van der Waals surface area contributed by atoms with E-state index in [1.165, 1.54) is 13.8 Å². The number of carbonyl (C=O) groups is 4. The molecule has 2 N–H and O–H groups in total. The van der Waals surface area contributed by atoms with Gasteiger partial charge in [-0.2, -0.15) is 0 Å². The SMILES string of the molecule is CC(=O)N(C(C)=O)C1=CC=C2NC(=O)C(=O)NC2C1. The summed E-state index contributed by atoms with van der Waals surface area (Å²) < 4.78 is 0. The lowest BCUT2D eigenvalue weighted by atomic mass is 9.99. The zero-order valence-electron chi connectivity index (χ0n) is 10.5. The van der Waals surface area contributed by atoms with Crippen molar-refractivity contribution in [2.75, 3.05) is 0 Å². The van der Waals surface area contributed by atoms with Crippen LogP contribution in [0.25, 0.3) is 0 Å². The summed E-state index contributed by atoms with van der Waals surface area (Å²) in [6, 6.07) is -0.425. The fourth-order valence-corrected chi connectivity index (χ4v) is 2.15. The van der Waals surface area contributed by atoms with Crippen LogP contribution in [0.5, 0.6) is 0 Å². The molecule has 1 fully saturated rings. The van der Waals surface area contributed by atoms with Gasteiger partial charge in [-0.25, -0.2) is 0 Å². The van der Waals surface area contributed by atoms with Crippen LogP contribution < -0.4 is 10.6 Å². The molecule has 0 spiro atoms. The van der Waals surface area contributed by atoms with Crippen molar-refractivity contribution in [3.05, 3.63) is 23.5 Å². The highest BCUT2D eigenvalue weighted by Crippen LogP contribution is 2.22. The average Bonchev–Trinajstić information content (AvgIpc) is 2.30. The van der Waals surface area contributed by atoms with E-state index < -0.39 is 17.9 Å². The summed E-state index contributed by atoms with van der Waals surface area (Å²) in [4.78, 5) is 46.4. The molecule has 1 atom stereocenters.